The Morgan fingerprint density at radius 2 is 2.19 bits per heavy atom. The largest absolute Gasteiger partial charge is 0.372 e. The number of ether oxygens (including phenoxy) is 1. The van der Waals surface area contributed by atoms with Crippen molar-refractivity contribution in [2.75, 3.05) is 13.1 Å². The Labute approximate surface area is 152 Å². The maximum Gasteiger partial charge on any atom is 0.241 e. The van der Waals surface area contributed by atoms with E-state index < -0.39 is 0 Å². The average molecular weight is 351 g/mol. The normalized spacial score (nSPS) is 18.1. The van der Waals surface area contributed by atoms with Crippen LogP contribution in [-0.2, 0) is 17.9 Å². The molecule has 26 heavy (non-hydrogen) atoms. The van der Waals surface area contributed by atoms with Gasteiger partial charge in [0.25, 0.3) is 0 Å². The highest BCUT2D eigenvalue weighted by molar-refractivity contribution is 5.46. The minimum absolute atomic E-state index is 0.210. The average Bonchev–Trinajstić information content (AvgIpc) is 3.17. The number of hydrogen-bond acceptors (Lipinski definition) is 7. The van der Waals surface area contributed by atoms with Crippen molar-refractivity contribution in [3.63, 3.8) is 0 Å². The fourth-order valence-corrected chi connectivity index (χ4v) is 3.10. The maximum atomic E-state index is 6.05. The second-order valence-electron chi connectivity index (χ2n) is 6.40. The zero-order valence-corrected chi connectivity index (χ0v) is 14.5. The summed E-state index contributed by atoms with van der Waals surface area (Å²) >= 11 is 0. The molecule has 1 aliphatic rings. The Kier molecular flexibility index (Phi) is 5.27. The number of pyridine rings is 2. The Morgan fingerprint density at radius 1 is 1.19 bits per heavy atom. The molecule has 1 fully saturated rings. The van der Waals surface area contributed by atoms with Crippen LogP contribution in [0, 0.1) is 0 Å². The van der Waals surface area contributed by atoms with Gasteiger partial charge in [-0.15, -0.1) is 0 Å². The Hall–Kier alpha value is -2.64. The molecule has 1 aliphatic heterocycles. The van der Waals surface area contributed by atoms with Gasteiger partial charge in [0.15, 0.2) is 0 Å². The van der Waals surface area contributed by atoms with E-state index >= 15 is 0 Å². The van der Waals surface area contributed by atoms with Crippen LogP contribution in [0.4, 0.5) is 0 Å². The lowest BCUT2D eigenvalue weighted by Crippen LogP contribution is -2.39. The van der Waals surface area contributed by atoms with E-state index in [1.807, 2.05) is 36.5 Å². The van der Waals surface area contributed by atoms with E-state index in [0.717, 1.165) is 37.2 Å². The van der Waals surface area contributed by atoms with E-state index in [-0.39, 0.29) is 6.10 Å². The van der Waals surface area contributed by atoms with Crippen molar-refractivity contribution >= 4 is 0 Å². The van der Waals surface area contributed by atoms with Gasteiger partial charge in [-0.05, 0) is 43.1 Å². The van der Waals surface area contributed by atoms with Crippen LogP contribution in [0.25, 0.3) is 11.5 Å². The molecule has 0 spiro atoms. The third-order valence-electron chi connectivity index (χ3n) is 4.39. The van der Waals surface area contributed by atoms with Crippen LogP contribution >= 0.6 is 0 Å². The smallest absolute Gasteiger partial charge is 0.241 e. The molecule has 4 rings (SSSR count). The summed E-state index contributed by atoms with van der Waals surface area (Å²) in [6.45, 7) is 3.10. The van der Waals surface area contributed by atoms with E-state index in [9.17, 15) is 0 Å². The first-order valence-electron chi connectivity index (χ1n) is 8.84. The minimum atomic E-state index is 0.210. The van der Waals surface area contributed by atoms with Crippen molar-refractivity contribution in [3.8, 4) is 11.5 Å². The predicted molar refractivity (Wildman–Crippen MR) is 94.9 cm³/mol. The quantitative estimate of drug-likeness (QED) is 0.676. The van der Waals surface area contributed by atoms with Gasteiger partial charge in [-0.2, -0.15) is 4.98 Å². The molecule has 0 bridgehead atoms. The zero-order valence-electron chi connectivity index (χ0n) is 14.5. The third kappa shape index (κ3) is 4.30. The molecule has 134 valence electrons. The third-order valence-corrected chi connectivity index (χ3v) is 4.39. The van der Waals surface area contributed by atoms with Gasteiger partial charge >= 0.3 is 0 Å². The summed E-state index contributed by atoms with van der Waals surface area (Å²) in [7, 11) is 0. The van der Waals surface area contributed by atoms with Crippen LogP contribution in [0.15, 0.2) is 53.4 Å². The van der Waals surface area contributed by atoms with E-state index in [0.29, 0.717) is 24.9 Å². The monoisotopic (exact) mass is 351 g/mol. The van der Waals surface area contributed by atoms with Crippen LogP contribution in [0.5, 0.6) is 0 Å². The molecular weight excluding hydrogens is 330 g/mol. The minimum Gasteiger partial charge on any atom is -0.372 e. The second-order valence-corrected chi connectivity index (χ2v) is 6.40. The Bertz CT molecular complexity index is 809. The summed E-state index contributed by atoms with van der Waals surface area (Å²) in [4.78, 5) is 15.1. The van der Waals surface area contributed by atoms with E-state index in [2.05, 4.69) is 25.0 Å². The molecule has 0 unspecified atom stereocenters. The molecule has 3 aromatic rings. The summed E-state index contributed by atoms with van der Waals surface area (Å²) in [6.07, 6.45) is 7.72. The first-order chi connectivity index (χ1) is 12.9. The van der Waals surface area contributed by atoms with E-state index in [1.54, 1.807) is 12.4 Å². The van der Waals surface area contributed by atoms with Crippen LogP contribution in [0.2, 0.25) is 0 Å². The molecule has 0 aromatic carbocycles. The van der Waals surface area contributed by atoms with Crippen LogP contribution < -0.4 is 0 Å². The topological polar surface area (TPSA) is 77.2 Å². The van der Waals surface area contributed by atoms with Gasteiger partial charge in [0, 0.05) is 25.1 Å². The standard InChI is InChI=1S/C19H21N5O2/c1-2-9-21-17(7-1)19-22-18(26-23-19)13-24-10-4-6-16(12-24)25-14-15-5-3-8-20-11-15/h1-3,5,7-9,11,16H,4,6,10,12-14H2/t16-/m1/s1. The van der Waals surface area contributed by atoms with Crippen molar-refractivity contribution in [1.29, 1.82) is 0 Å². The van der Waals surface area contributed by atoms with Crippen molar-refractivity contribution in [1.82, 2.24) is 25.0 Å². The van der Waals surface area contributed by atoms with Crippen LogP contribution in [0.1, 0.15) is 24.3 Å². The summed E-state index contributed by atoms with van der Waals surface area (Å²) < 4.78 is 11.4. The molecule has 1 atom stereocenters. The Balaban J connectivity index is 1.32. The molecule has 7 nitrogen and oxygen atoms in total. The number of rotatable bonds is 6. The van der Waals surface area contributed by atoms with Crippen molar-refractivity contribution in [3.05, 3.63) is 60.4 Å². The maximum absolute atomic E-state index is 6.05. The van der Waals surface area contributed by atoms with Gasteiger partial charge in [0.05, 0.1) is 19.3 Å². The lowest BCUT2D eigenvalue weighted by atomic mass is 10.1. The molecule has 3 aromatic heterocycles. The Morgan fingerprint density at radius 3 is 3.04 bits per heavy atom. The van der Waals surface area contributed by atoms with Gasteiger partial charge in [0.2, 0.25) is 11.7 Å². The van der Waals surface area contributed by atoms with Crippen LogP contribution in [0.3, 0.4) is 0 Å². The number of likely N-dealkylation sites (tertiary alicyclic amines) is 1. The first-order valence-corrected chi connectivity index (χ1v) is 8.84. The van der Waals surface area contributed by atoms with E-state index in [1.165, 1.54) is 0 Å². The molecule has 1 saturated heterocycles. The zero-order chi connectivity index (χ0) is 17.6. The first kappa shape index (κ1) is 16.8. The molecule has 0 saturated carbocycles. The van der Waals surface area contributed by atoms with Gasteiger partial charge in [-0.3, -0.25) is 14.9 Å². The SMILES string of the molecule is c1ccc(-c2noc(CN3CCC[C@@H](OCc4cccnc4)C3)n2)nc1. The fraction of sp³-hybridized carbons (Fsp3) is 0.368. The van der Waals surface area contributed by atoms with Gasteiger partial charge in [0.1, 0.15) is 5.69 Å². The fourth-order valence-electron chi connectivity index (χ4n) is 3.10. The van der Waals surface area contributed by atoms with Gasteiger partial charge < -0.3 is 9.26 Å². The highest BCUT2D eigenvalue weighted by Crippen LogP contribution is 2.18. The number of hydrogen-bond donors (Lipinski definition) is 0. The summed E-state index contributed by atoms with van der Waals surface area (Å²) in [5.74, 6) is 1.14. The molecule has 7 heteroatoms. The number of aromatic nitrogens is 4. The predicted octanol–water partition coefficient (Wildman–Crippen LogP) is 2.71. The van der Waals surface area contributed by atoms with Gasteiger partial charge in [-0.25, -0.2) is 0 Å². The number of piperidine rings is 1. The summed E-state index contributed by atoms with van der Waals surface area (Å²) in [5, 5.41) is 4.03. The molecule has 0 N–H and O–H groups in total. The number of nitrogens with zero attached hydrogens (tertiary/aromatic N) is 5. The van der Waals surface area contributed by atoms with Crippen molar-refractivity contribution < 1.29 is 9.26 Å². The summed E-state index contributed by atoms with van der Waals surface area (Å²) in [6, 6.07) is 9.61. The summed E-state index contributed by atoms with van der Waals surface area (Å²) in [5.41, 5.74) is 1.82. The van der Waals surface area contributed by atoms with Crippen molar-refractivity contribution in [2.45, 2.75) is 32.1 Å². The molecule has 4 heterocycles. The lowest BCUT2D eigenvalue weighted by molar-refractivity contribution is -0.0142. The lowest BCUT2D eigenvalue weighted by Gasteiger charge is -2.31. The van der Waals surface area contributed by atoms with Gasteiger partial charge in [-0.1, -0.05) is 17.3 Å². The second kappa shape index (κ2) is 8.16. The highest BCUT2D eigenvalue weighted by Gasteiger charge is 2.22. The van der Waals surface area contributed by atoms with Crippen molar-refractivity contribution in [2.24, 2.45) is 0 Å². The van der Waals surface area contributed by atoms with E-state index in [4.69, 9.17) is 9.26 Å². The van der Waals surface area contributed by atoms with Crippen LogP contribution in [-0.4, -0.2) is 44.2 Å². The molecular formula is C19H21N5O2. The molecule has 0 radical (unpaired) electrons. The molecule has 0 aliphatic carbocycles. The molecule has 0 amide bonds. The highest BCUT2D eigenvalue weighted by atomic mass is 16.5.